The van der Waals surface area contributed by atoms with Gasteiger partial charge in [0.2, 0.25) is 0 Å². The zero-order chi connectivity index (χ0) is 15.1. The van der Waals surface area contributed by atoms with Crippen molar-refractivity contribution < 1.29 is 9.18 Å². The third-order valence-corrected chi connectivity index (χ3v) is 5.23. The number of amides is 1. The number of likely N-dealkylation sites (tertiary alicyclic amines) is 2. The molecule has 118 valence electrons. The number of carbonyl (C=O) groups is 1. The molecule has 4 heteroatoms. The first-order valence-corrected chi connectivity index (χ1v) is 8.44. The highest BCUT2D eigenvalue weighted by Crippen LogP contribution is 2.34. The Labute approximate surface area is 131 Å². The lowest BCUT2D eigenvalue weighted by molar-refractivity contribution is 0.0249. The first-order valence-electron chi connectivity index (χ1n) is 8.44. The third-order valence-electron chi connectivity index (χ3n) is 5.23. The van der Waals surface area contributed by atoms with Gasteiger partial charge in [0.1, 0.15) is 5.82 Å². The summed E-state index contributed by atoms with van der Waals surface area (Å²) >= 11 is 0. The van der Waals surface area contributed by atoms with Crippen molar-refractivity contribution in [2.75, 3.05) is 32.7 Å². The van der Waals surface area contributed by atoms with Gasteiger partial charge in [0, 0.05) is 38.3 Å². The highest BCUT2D eigenvalue weighted by atomic mass is 19.1. The van der Waals surface area contributed by atoms with E-state index in [-0.39, 0.29) is 11.7 Å². The molecule has 3 aliphatic rings. The summed E-state index contributed by atoms with van der Waals surface area (Å²) in [5.41, 5.74) is 0.481. The molecule has 2 saturated heterocycles. The van der Waals surface area contributed by atoms with Crippen LogP contribution in [0.1, 0.15) is 29.6 Å². The molecule has 1 aromatic rings. The average molecular weight is 302 g/mol. The first kappa shape index (κ1) is 14.2. The second kappa shape index (κ2) is 5.65. The second-order valence-electron chi connectivity index (χ2n) is 7.35. The number of benzene rings is 1. The van der Waals surface area contributed by atoms with Crippen LogP contribution in [0.15, 0.2) is 24.3 Å². The van der Waals surface area contributed by atoms with Crippen LogP contribution in [0.4, 0.5) is 4.39 Å². The van der Waals surface area contributed by atoms with Crippen LogP contribution >= 0.6 is 0 Å². The minimum atomic E-state index is -0.335. The largest absolute Gasteiger partial charge is 0.338 e. The van der Waals surface area contributed by atoms with Gasteiger partial charge in [0.05, 0.1) is 0 Å². The molecular formula is C18H23FN2O. The average Bonchev–Trinajstić information content (AvgIpc) is 3.29. The molecule has 0 spiro atoms. The summed E-state index contributed by atoms with van der Waals surface area (Å²) in [6, 6.07) is 6.07. The fraction of sp³-hybridized carbons (Fsp3) is 0.611. The maximum Gasteiger partial charge on any atom is 0.253 e. The van der Waals surface area contributed by atoms with Gasteiger partial charge in [0.15, 0.2) is 0 Å². The van der Waals surface area contributed by atoms with Gasteiger partial charge in [-0.15, -0.1) is 0 Å². The molecule has 3 nitrogen and oxygen atoms in total. The van der Waals surface area contributed by atoms with E-state index < -0.39 is 0 Å². The predicted molar refractivity (Wildman–Crippen MR) is 83.1 cm³/mol. The number of carbonyl (C=O) groups excluding carboxylic acids is 1. The number of piperidine rings is 2. The first-order chi connectivity index (χ1) is 10.7. The molecule has 4 rings (SSSR count). The summed E-state index contributed by atoms with van der Waals surface area (Å²) in [6.07, 6.45) is 4.04. The van der Waals surface area contributed by atoms with E-state index in [1.165, 1.54) is 37.9 Å². The summed E-state index contributed by atoms with van der Waals surface area (Å²) in [5, 5.41) is 0. The maximum absolute atomic E-state index is 13.3. The van der Waals surface area contributed by atoms with Gasteiger partial charge in [0.25, 0.3) is 5.91 Å². The van der Waals surface area contributed by atoms with Gasteiger partial charge in [-0.1, -0.05) is 6.07 Å². The van der Waals surface area contributed by atoms with Crippen LogP contribution in [-0.4, -0.2) is 48.4 Å². The van der Waals surface area contributed by atoms with Crippen molar-refractivity contribution in [1.29, 1.82) is 0 Å². The predicted octanol–water partition coefficient (Wildman–Crippen LogP) is 2.63. The van der Waals surface area contributed by atoms with Crippen molar-refractivity contribution in [3.8, 4) is 0 Å². The quantitative estimate of drug-likeness (QED) is 0.857. The Morgan fingerprint density at radius 1 is 1.14 bits per heavy atom. The minimum absolute atomic E-state index is 0.00940. The zero-order valence-corrected chi connectivity index (χ0v) is 12.9. The van der Waals surface area contributed by atoms with Gasteiger partial charge in [-0.05, 0) is 55.2 Å². The molecule has 1 aliphatic carbocycles. The Bertz CT molecular complexity index is 558. The molecule has 22 heavy (non-hydrogen) atoms. The summed E-state index contributed by atoms with van der Waals surface area (Å²) < 4.78 is 13.3. The smallest absolute Gasteiger partial charge is 0.253 e. The Morgan fingerprint density at radius 3 is 2.50 bits per heavy atom. The molecule has 0 N–H and O–H groups in total. The van der Waals surface area contributed by atoms with Crippen LogP contribution in [0.25, 0.3) is 0 Å². The lowest BCUT2D eigenvalue weighted by Gasteiger charge is -2.46. The van der Waals surface area contributed by atoms with Gasteiger partial charge in [-0.2, -0.15) is 0 Å². The SMILES string of the molecule is O=C(c1cccc(F)c1)N1CC2CC(CN(CC3CC3)C2)C1. The van der Waals surface area contributed by atoms with Crippen LogP contribution in [-0.2, 0) is 0 Å². The van der Waals surface area contributed by atoms with Crippen LogP contribution in [0.2, 0.25) is 0 Å². The molecule has 0 radical (unpaired) electrons. The fourth-order valence-corrected chi connectivity index (χ4v) is 4.17. The molecule has 2 bridgehead atoms. The van der Waals surface area contributed by atoms with E-state index in [4.69, 9.17) is 0 Å². The molecule has 0 aromatic heterocycles. The number of fused-ring (bicyclic) bond motifs is 2. The number of halogens is 1. The van der Waals surface area contributed by atoms with Crippen LogP contribution in [0, 0.1) is 23.6 Å². The van der Waals surface area contributed by atoms with Crippen molar-refractivity contribution in [2.24, 2.45) is 17.8 Å². The normalized spacial score (nSPS) is 28.7. The Morgan fingerprint density at radius 2 is 1.86 bits per heavy atom. The van der Waals surface area contributed by atoms with Crippen molar-refractivity contribution >= 4 is 5.91 Å². The van der Waals surface area contributed by atoms with E-state index in [0.29, 0.717) is 17.4 Å². The van der Waals surface area contributed by atoms with Gasteiger partial charge < -0.3 is 9.80 Å². The van der Waals surface area contributed by atoms with E-state index >= 15 is 0 Å². The number of nitrogens with zero attached hydrogens (tertiary/aromatic N) is 2. The number of hydrogen-bond donors (Lipinski definition) is 0. The lowest BCUT2D eigenvalue weighted by Crippen LogP contribution is -2.54. The topological polar surface area (TPSA) is 23.6 Å². The van der Waals surface area contributed by atoms with E-state index in [0.717, 1.165) is 32.1 Å². The molecule has 2 heterocycles. The van der Waals surface area contributed by atoms with E-state index in [2.05, 4.69) is 4.90 Å². The van der Waals surface area contributed by atoms with Crippen molar-refractivity contribution in [3.05, 3.63) is 35.6 Å². The van der Waals surface area contributed by atoms with Crippen molar-refractivity contribution in [1.82, 2.24) is 9.80 Å². The Balaban J connectivity index is 1.42. The van der Waals surface area contributed by atoms with Gasteiger partial charge in [-0.3, -0.25) is 4.79 Å². The molecule has 1 amide bonds. The van der Waals surface area contributed by atoms with Crippen LogP contribution in [0.3, 0.4) is 0 Å². The minimum Gasteiger partial charge on any atom is -0.338 e. The lowest BCUT2D eigenvalue weighted by atomic mass is 9.84. The fourth-order valence-electron chi connectivity index (χ4n) is 4.17. The Hall–Kier alpha value is -1.42. The van der Waals surface area contributed by atoms with Crippen molar-refractivity contribution in [3.63, 3.8) is 0 Å². The molecule has 3 fully saturated rings. The van der Waals surface area contributed by atoms with E-state index in [1.54, 1.807) is 12.1 Å². The monoisotopic (exact) mass is 302 g/mol. The second-order valence-corrected chi connectivity index (χ2v) is 7.35. The summed E-state index contributed by atoms with van der Waals surface area (Å²) in [6.45, 7) is 5.16. The molecular weight excluding hydrogens is 279 g/mol. The van der Waals surface area contributed by atoms with Gasteiger partial charge >= 0.3 is 0 Å². The van der Waals surface area contributed by atoms with Gasteiger partial charge in [-0.25, -0.2) is 4.39 Å². The maximum atomic E-state index is 13.3. The van der Waals surface area contributed by atoms with Crippen LogP contribution in [0.5, 0.6) is 0 Å². The molecule has 1 saturated carbocycles. The van der Waals surface area contributed by atoms with Crippen LogP contribution < -0.4 is 0 Å². The molecule has 2 unspecified atom stereocenters. The third kappa shape index (κ3) is 3.02. The van der Waals surface area contributed by atoms with Crippen molar-refractivity contribution in [2.45, 2.75) is 19.3 Å². The van der Waals surface area contributed by atoms with E-state index in [1.807, 2.05) is 4.90 Å². The highest BCUT2D eigenvalue weighted by molar-refractivity contribution is 5.94. The Kier molecular flexibility index (Phi) is 3.65. The highest BCUT2D eigenvalue weighted by Gasteiger charge is 2.37. The summed E-state index contributed by atoms with van der Waals surface area (Å²) in [7, 11) is 0. The molecule has 2 aliphatic heterocycles. The molecule has 2 atom stereocenters. The number of rotatable bonds is 3. The summed E-state index contributed by atoms with van der Waals surface area (Å²) in [5.74, 6) is 1.76. The summed E-state index contributed by atoms with van der Waals surface area (Å²) in [4.78, 5) is 17.2. The number of hydrogen-bond acceptors (Lipinski definition) is 2. The standard InChI is InChI=1S/C18H23FN2O/c19-17-3-1-2-16(7-17)18(22)21-11-14-6-15(12-21)10-20(9-14)8-13-4-5-13/h1-3,7,13-15H,4-6,8-12H2. The molecule has 1 aromatic carbocycles. The van der Waals surface area contributed by atoms with E-state index in [9.17, 15) is 9.18 Å². The zero-order valence-electron chi connectivity index (χ0n) is 12.9.